The topological polar surface area (TPSA) is 107 Å². The molecular formula is C27H29N7O2. The molecule has 2 aromatic carbocycles. The number of benzene rings is 2. The number of nitrogens with one attached hydrogen (secondary N) is 4. The maximum absolute atomic E-state index is 12.4. The van der Waals surface area contributed by atoms with Crippen molar-refractivity contribution < 1.29 is 9.53 Å². The molecule has 0 saturated carbocycles. The molecule has 9 heteroatoms. The Morgan fingerprint density at radius 3 is 2.75 bits per heavy atom. The van der Waals surface area contributed by atoms with E-state index in [9.17, 15) is 4.79 Å². The summed E-state index contributed by atoms with van der Waals surface area (Å²) in [7, 11) is 5.40. The number of likely N-dealkylation sites (N-methyl/N-ethyl adjacent to an activating group) is 1. The molecule has 0 fully saturated rings. The number of ether oxygens (including phenoxy) is 1. The summed E-state index contributed by atoms with van der Waals surface area (Å²) in [4.78, 5) is 27.2. The van der Waals surface area contributed by atoms with Crippen molar-refractivity contribution in [1.29, 1.82) is 0 Å². The van der Waals surface area contributed by atoms with Crippen LogP contribution in [0.3, 0.4) is 0 Å². The van der Waals surface area contributed by atoms with Crippen LogP contribution in [0, 0.1) is 0 Å². The molecule has 4 N–H and O–H groups in total. The smallest absolute Gasteiger partial charge is 0.253 e. The molecule has 0 spiro atoms. The molecule has 2 aromatic heterocycles. The van der Waals surface area contributed by atoms with Crippen molar-refractivity contribution in [2.75, 3.05) is 44.9 Å². The maximum Gasteiger partial charge on any atom is 0.253 e. The molecule has 1 aliphatic rings. The summed E-state index contributed by atoms with van der Waals surface area (Å²) in [5, 5.41) is 10.1. The molecule has 4 aromatic rings. The van der Waals surface area contributed by atoms with Crippen LogP contribution in [0.1, 0.15) is 22.3 Å². The van der Waals surface area contributed by atoms with Crippen molar-refractivity contribution in [1.82, 2.24) is 25.2 Å². The van der Waals surface area contributed by atoms with Gasteiger partial charge < -0.3 is 30.6 Å². The van der Waals surface area contributed by atoms with Crippen LogP contribution in [-0.2, 0) is 0 Å². The van der Waals surface area contributed by atoms with Gasteiger partial charge in [-0.25, -0.2) is 0 Å². The van der Waals surface area contributed by atoms with Gasteiger partial charge in [0.25, 0.3) is 5.91 Å². The van der Waals surface area contributed by atoms with Gasteiger partial charge in [-0.2, -0.15) is 9.97 Å². The van der Waals surface area contributed by atoms with Gasteiger partial charge in [-0.15, -0.1) is 0 Å². The lowest BCUT2D eigenvalue weighted by Gasteiger charge is -2.23. The van der Waals surface area contributed by atoms with Crippen LogP contribution in [0.2, 0.25) is 0 Å². The van der Waals surface area contributed by atoms with E-state index in [2.05, 4.69) is 50.0 Å². The SMILES string of the molecule is CNC(=O)c1ccccc1Nc1nc(Nc2ccc(C3=CCCN(C)C3)cc2OC)nc2[nH]ccc12. The van der Waals surface area contributed by atoms with Gasteiger partial charge in [-0.05, 0) is 54.9 Å². The maximum atomic E-state index is 12.4. The fourth-order valence-electron chi connectivity index (χ4n) is 4.36. The summed E-state index contributed by atoms with van der Waals surface area (Å²) in [6, 6.07) is 15.3. The zero-order valence-electron chi connectivity index (χ0n) is 20.6. The first-order valence-corrected chi connectivity index (χ1v) is 11.8. The van der Waals surface area contributed by atoms with Crippen molar-refractivity contribution in [3.8, 4) is 5.75 Å². The van der Waals surface area contributed by atoms with Crippen molar-refractivity contribution in [2.24, 2.45) is 0 Å². The fraction of sp³-hybridized carbons (Fsp3) is 0.222. The van der Waals surface area contributed by atoms with E-state index in [1.807, 2.05) is 42.6 Å². The number of methoxy groups -OCH3 is 1. The number of para-hydroxylation sites is 1. The quantitative estimate of drug-likeness (QED) is 0.306. The Kier molecular flexibility index (Phi) is 6.55. The van der Waals surface area contributed by atoms with Crippen LogP contribution in [0.5, 0.6) is 5.75 Å². The highest BCUT2D eigenvalue weighted by Crippen LogP contribution is 2.33. The molecule has 0 radical (unpaired) electrons. The number of fused-ring (bicyclic) bond motifs is 1. The van der Waals surface area contributed by atoms with Crippen molar-refractivity contribution >= 4 is 45.7 Å². The second-order valence-electron chi connectivity index (χ2n) is 8.68. The average Bonchev–Trinajstić information content (AvgIpc) is 3.38. The third-order valence-electron chi connectivity index (χ3n) is 6.23. The highest BCUT2D eigenvalue weighted by atomic mass is 16.5. The van der Waals surface area contributed by atoms with Gasteiger partial charge >= 0.3 is 0 Å². The van der Waals surface area contributed by atoms with Crippen molar-refractivity contribution in [2.45, 2.75) is 6.42 Å². The van der Waals surface area contributed by atoms with Crippen LogP contribution in [0.15, 0.2) is 60.8 Å². The first kappa shape index (κ1) is 23.4. The number of hydrogen-bond donors (Lipinski definition) is 4. The largest absolute Gasteiger partial charge is 0.495 e. The predicted molar refractivity (Wildman–Crippen MR) is 143 cm³/mol. The van der Waals surface area contributed by atoms with E-state index in [-0.39, 0.29) is 5.91 Å². The number of aromatic amines is 1. The molecule has 184 valence electrons. The number of H-pyrrole nitrogens is 1. The molecule has 36 heavy (non-hydrogen) atoms. The summed E-state index contributed by atoms with van der Waals surface area (Å²) in [5.41, 5.74) is 5.03. The van der Waals surface area contributed by atoms with Crippen LogP contribution in [0.25, 0.3) is 16.6 Å². The minimum absolute atomic E-state index is 0.181. The lowest BCUT2D eigenvalue weighted by molar-refractivity contribution is 0.0964. The Balaban J connectivity index is 1.47. The molecule has 3 heterocycles. The zero-order valence-corrected chi connectivity index (χ0v) is 20.6. The van der Waals surface area contributed by atoms with Crippen LogP contribution in [0.4, 0.5) is 23.1 Å². The van der Waals surface area contributed by atoms with Gasteiger partial charge in [-0.1, -0.05) is 24.3 Å². The molecule has 0 atom stereocenters. The van der Waals surface area contributed by atoms with E-state index in [4.69, 9.17) is 9.72 Å². The molecule has 0 saturated heterocycles. The minimum atomic E-state index is -0.181. The van der Waals surface area contributed by atoms with Crippen molar-refractivity contribution in [3.63, 3.8) is 0 Å². The normalized spacial score (nSPS) is 13.8. The minimum Gasteiger partial charge on any atom is -0.495 e. The van der Waals surface area contributed by atoms with E-state index in [0.29, 0.717) is 34.4 Å². The molecule has 0 aliphatic carbocycles. The Hall–Kier alpha value is -4.37. The molecule has 5 rings (SSSR count). The van der Waals surface area contributed by atoms with Gasteiger partial charge in [0, 0.05) is 26.3 Å². The Bertz CT molecular complexity index is 1440. The van der Waals surface area contributed by atoms with Gasteiger partial charge in [0.15, 0.2) is 0 Å². The van der Waals surface area contributed by atoms with E-state index < -0.39 is 0 Å². The third kappa shape index (κ3) is 4.73. The van der Waals surface area contributed by atoms with E-state index in [1.54, 1.807) is 20.2 Å². The molecule has 0 unspecified atom stereocenters. The number of nitrogens with zero attached hydrogens (tertiary/aromatic N) is 3. The van der Waals surface area contributed by atoms with Crippen LogP contribution < -0.4 is 20.7 Å². The number of amides is 1. The summed E-state index contributed by atoms with van der Waals surface area (Å²) in [5.74, 6) is 1.50. The summed E-state index contributed by atoms with van der Waals surface area (Å²) in [6.45, 7) is 1.98. The average molecular weight is 484 g/mol. The van der Waals surface area contributed by atoms with Gasteiger partial charge in [-0.3, -0.25) is 4.79 Å². The Morgan fingerprint density at radius 2 is 1.94 bits per heavy atom. The second-order valence-corrected chi connectivity index (χ2v) is 8.68. The lowest BCUT2D eigenvalue weighted by Crippen LogP contribution is -2.24. The van der Waals surface area contributed by atoms with E-state index in [0.717, 1.165) is 36.1 Å². The third-order valence-corrected chi connectivity index (χ3v) is 6.23. The number of hydrogen-bond acceptors (Lipinski definition) is 7. The number of aromatic nitrogens is 3. The van der Waals surface area contributed by atoms with Gasteiger partial charge in [0.05, 0.1) is 29.4 Å². The monoisotopic (exact) mass is 483 g/mol. The van der Waals surface area contributed by atoms with E-state index in [1.165, 1.54) is 5.57 Å². The first-order valence-electron chi connectivity index (χ1n) is 11.8. The van der Waals surface area contributed by atoms with Gasteiger partial charge in [0.2, 0.25) is 5.95 Å². The first-order chi connectivity index (χ1) is 17.6. The number of carbonyl (C=O) groups excluding carboxylic acids is 1. The fourth-order valence-corrected chi connectivity index (χ4v) is 4.36. The Labute approximate surface area is 209 Å². The number of rotatable bonds is 7. The van der Waals surface area contributed by atoms with Crippen molar-refractivity contribution in [3.05, 3.63) is 71.9 Å². The molecule has 1 aliphatic heterocycles. The highest BCUT2D eigenvalue weighted by Gasteiger charge is 2.16. The summed E-state index contributed by atoms with van der Waals surface area (Å²) >= 11 is 0. The zero-order chi connectivity index (χ0) is 25.1. The summed E-state index contributed by atoms with van der Waals surface area (Å²) < 4.78 is 5.70. The number of anilines is 4. The molecule has 1 amide bonds. The van der Waals surface area contributed by atoms with Crippen LogP contribution in [-0.4, -0.2) is 60.1 Å². The predicted octanol–water partition coefficient (Wildman–Crippen LogP) is 4.53. The second kappa shape index (κ2) is 10.1. The molecule has 0 bridgehead atoms. The lowest BCUT2D eigenvalue weighted by atomic mass is 10.0. The van der Waals surface area contributed by atoms with E-state index >= 15 is 0 Å². The number of carbonyl (C=O) groups is 1. The van der Waals surface area contributed by atoms with Gasteiger partial charge in [0.1, 0.15) is 17.2 Å². The Morgan fingerprint density at radius 1 is 1.08 bits per heavy atom. The highest BCUT2D eigenvalue weighted by molar-refractivity contribution is 6.01. The standard InChI is InChI=1S/C27H29N7O2/c1-28-26(35)19-8-4-5-9-21(19)30-25-20-12-13-29-24(20)32-27(33-25)31-22-11-10-17(15-23(22)36-3)18-7-6-14-34(2)16-18/h4-5,7-13,15H,6,14,16H2,1-3H3,(H,28,35)(H3,29,30,31,32,33). The van der Waals surface area contributed by atoms with Crippen LogP contribution >= 0.6 is 0 Å². The summed E-state index contributed by atoms with van der Waals surface area (Å²) in [6.07, 6.45) is 5.14. The molecule has 9 nitrogen and oxygen atoms in total. The molecular weight excluding hydrogens is 454 g/mol.